The maximum atomic E-state index is 12.2. The molecule has 114 valence electrons. The summed E-state index contributed by atoms with van der Waals surface area (Å²) < 4.78 is 5.61. The van der Waals surface area contributed by atoms with Crippen molar-refractivity contribution >= 4 is 11.6 Å². The molecule has 1 aliphatic carbocycles. The lowest BCUT2D eigenvalue weighted by Crippen LogP contribution is -2.48. The molecule has 22 heavy (non-hydrogen) atoms. The highest BCUT2D eigenvalue weighted by molar-refractivity contribution is 5.98. The first-order chi connectivity index (χ1) is 10.7. The molecule has 0 bridgehead atoms. The predicted molar refractivity (Wildman–Crippen MR) is 84.8 cm³/mol. The largest absolute Gasteiger partial charge is 0.439 e. The maximum Gasteiger partial charge on any atom is 0.244 e. The lowest BCUT2D eigenvalue weighted by Gasteiger charge is -2.22. The van der Waals surface area contributed by atoms with E-state index >= 15 is 0 Å². The van der Waals surface area contributed by atoms with Crippen molar-refractivity contribution in [2.24, 2.45) is 5.73 Å². The second-order valence-corrected chi connectivity index (χ2v) is 5.62. The molecule has 1 saturated carbocycles. The zero-order valence-corrected chi connectivity index (χ0v) is 12.3. The fraction of sp³-hybridized carbons (Fsp3) is 0.294. The molecule has 0 aliphatic heterocycles. The van der Waals surface area contributed by atoms with Gasteiger partial charge in [-0.05, 0) is 31.0 Å². The Morgan fingerprint density at radius 3 is 2.50 bits per heavy atom. The molecule has 0 saturated heterocycles. The standard InChI is InChI=1S/C17H19N3O2/c18-17(10-4-5-11-17)16(21)20-13-8-9-15(19-12-13)22-14-6-2-1-3-7-14/h1-3,6-9,12H,4-5,10-11,18H2,(H,20,21). The Bertz CT molecular complexity index is 635. The van der Waals surface area contributed by atoms with Crippen molar-refractivity contribution in [3.05, 3.63) is 48.7 Å². The van der Waals surface area contributed by atoms with Gasteiger partial charge >= 0.3 is 0 Å². The number of ether oxygens (including phenoxy) is 1. The molecule has 3 N–H and O–H groups in total. The Hall–Kier alpha value is -2.40. The number of hydrogen-bond acceptors (Lipinski definition) is 4. The monoisotopic (exact) mass is 297 g/mol. The average molecular weight is 297 g/mol. The van der Waals surface area contributed by atoms with Crippen LogP contribution in [0, 0.1) is 0 Å². The van der Waals surface area contributed by atoms with Crippen LogP contribution in [0.2, 0.25) is 0 Å². The maximum absolute atomic E-state index is 12.2. The van der Waals surface area contributed by atoms with Crippen LogP contribution in [0.5, 0.6) is 11.6 Å². The number of anilines is 1. The van der Waals surface area contributed by atoms with Crippen molar-refractivity contribution in [1.82, 2.24) is 4.98 Å². The molecule has 1 aromatic carbocycles. The zero-order valence-electron chi connectivity index (χ0n) is 12.3. The van der Waals surface area contributed by atoms with Gasteiger partial charge in [-0.15, -0.1) is 0 Å². The number of aromatic nitrogens is 1. The quantitative estimate of drug-likeness (QED) is 0.909. The van der Waals surface area contributed by atoms with Gasteiger partial charge in [0.2, 0.25) is 11.8 Å². The Morgan fingerprint density at radius 1 is 1.14 bits per heavy atom. The highest BCUT2D eigenvalue weighted by Gasteiger charge is 2.36. The van der Waals surface area contributed by atoms with Gasteiger partial charge in [0.05, 0.1) is 17.4 Å². The van der Waals surface area contributed by atoms with Gasteiger partial charge in [-0.1, -0.05) is 31.0 Å². The topological polar surface area (TPSA) is 77.2 Å². The highest BCUT2D eigenvalue weighted by atomic mass is 16.5. The van der Waals surface area contributed by atoms with Crippen LogP contribution in [-0.2, 0) is 4.79 Å². The number of nitrogens with one attached hydrogen (secondary N) is 1. The van der Waals surface area contributed by atoms with Crippen LogP contribution in [0.4, 0.5) is 5.69 Å². The molecule has 0 unspecified atom stereocenters. The van der Waals surface area contributed by atoms with E-state index in [0.717, 1.165) is 31.4 Å². The van der Waals surface area contributed by atoms with Crippen LogP contribution < -0.4 is 15.8 Å². The Balaban J connectivity index is 1.63. The summed E-state index contributed by atoms with van der Waals surface area (Å²) in [5.74, 6) is 1.06. The van der Waals surface area contributed by atoms with Crippen LogP contribution in [0.15, 0.2) is 48.7 Å². The molecule has 0 atom stereocenters. The summed E-state index contributed by atoms with van der Waals surface area (Å²) in [5, 5.41) is 2.83. The molecule has 1 heterocycles. The van der Waals surface area contributed by atoms with E-state index in [1.807, 2.05) is 30.3 Å². The zero-order chi connectivity index (χ0) is 15.4. The molecule has 1 fully saturated rings. The first kappa shape index (κ1) is 14.5. The number of rotatable bonds is 4. The molecule has 2 aromatic rings. The highest BCUT2D eigenvalue weighted by Crippen LogP contribution is 2.28. The number of nitrogens with zero attached hydrogens (tertiary/aromatic N) is 1. The lowest BCUT2D eigenvalue weighted by atomic mass is 9.98. The Kier molecular flexibility index (Phi) is 4.06. The van der Waals surface area contributed by atoms with Gasteiger partial charge in [0.25, 0.3) is 0 Å². The van der Waals surface area contributed by atoms with Crippen molar-refractivity contribution in [1.29, 1.82) is 0 Å². The third kappa shape index (κ3) is 3.26. The van der Waals surface area contributed by atoms with Gasteiger partial charge < -0.3 is 15.8 Å². The molecule has 0 spiro atoms. The predicted octanol–water partition coefficient (Wildman–Crippen LogP) is 3.08. The van der Waals surface area contributed by atoms with Crippen LogP contribution in [0.25, 0.3) is 0 Å². The molecule has 3 rings (SSSR count). The van der Waals surface area contributed by atoms with Gasteiger partial charge in [-0.3, -0.25) is 4.79 Å². The van der Waals surface area contributed by atoms with E-state index in [1.54, 1.807) is 18.3 Å². The molecule has 1 aliphatic rings. The molecular formula is C17H19N3O2. The van der Waals surface area contributed by atoms with Crippen LogP contribution in [0.3, 0.4) is 0 Å². The molecule has 5 nitrogen and oxygen atoms in total. The van der Waals surface area contributed by atoms with E-state index < -0.39 is 5.54 Å². The summed E-state index contributed by atoms with van der Waals surface area (Å²) in [6.45, 7) is 0. The van der Waals surface area contributed by atoms with Crippen molar-refractivity contribution < 1.29 is 9.53 Å². The minimum atomic E-state index is -0.737. The first-order valence-corrected chi connectivity index (χ1v) is 7.45. The van der Waals surface area contributed by atoms with E-state index in [2.05, 4.69) is 10.3 Å². The Labute approximate surface area is 129 Å². The van der Waals surface area contributed by atoms with E-state index in [-0.39, 0.29) is 5.91 Å². The van der Waals surface area contributed by atoms with Crippen LogP contribution in [0.1, 0.15) is 25.7 Å². The minimum absolute atomic E-state index is 0.136. The second kappa shape index (κ2) is 6.15. The van der Waals surface area contributed by atoms with Gasteiger partial charge in [-0.2, -0.15) is 0 Å². The van der Waals surface area contributed by atoms with Gasteiger partial charge in [0.15, 0.2) is 0 Å². The van der Waals surface area contributed by atoms with E-state index in [0.29, 0.717) is 11.6 Å². The van der Waals surface area contributed by atoms with Crippen molar-refractivity contribution in [2.75, 3.05) is 5.32 Å². The SMILES string of the molecule is NC1(C(=O)Nc2ccc(Oc3ccccc3)nc2)CCCC1. The van der Waals surface area contributed by atoms with E-state index in [9.17, 15) is 4.79 Å². The molecular weight excluding hydrogens is 278 g/mol. The van der Waals surface area contributed by atoms with Gasteiger partial charge in [-0.25, -0.2) is 4.98 Å². The smallest absolute Gasteiger partial charge is 0.244 e. The van der Waals surface area contributed by atoms with Gasteiger partial charge in [0.1, 0.15) is 5.75 Å². The molecule has 5 heteroatoms. The number of carbonyl (C=O) groups is 1. The summed E-state index contributed by atoms with van der Waals surface area (Å²) in [7, 11) is 0. The third-order valence-corrected chi connectivity index (χ3v) is 3.91. The van der Waals surface area contributed by atoms with E-state index in [1.165, 1.54) is 0 Å². The average Bonchev–Trinajstić information content (AvgIpc) is 2.98. The fourth-order valence-electron chi connectivity index (χ4n) is 2.61. The third-order valence-electron chi connectivity index (χ3n) is 3.91. The van der Waals surface area contributed by atoms with Crippen molar-refractivity contribution in [3.63, 3.8) is 0 Å². The molecule has 1 aromatic heterocycles. The number of para-hydroxylation sites is 1. The number of nitrogens with two attached hydrogens (primary N) is 1. The first-order valence-electron chi connectivity index (χ1n) is 7.45. The Morgan fingerprint density at radius 2 is 1.86 bits per heavy atom. The summed E-state index contributed by atoms with van der Waals surface area (Å²) in [4.78, 5) is 16.4. The number of benzene rings is 1. The summed E-state index contributed by atoms with van der Waals surface area (Å²) in [5.41, 5.74) is 6.02. The summed E-state index contributed by atoms with van der Waals surface area (Å²) in [6.07, 6.45) is 5.06. The number of amides is 1. The second-order valence-electron chi connectivity index (χ2n) is 5.62. The van der Waals surface area contributed by atoms with E-state index in [4.69, 9.17) is 10.5 Å². The number of hydrogen-bond donors (Lipinski definition) is 2. The minimum Gasteiger partial charge on any atom is -0.439 e. The van der Waals surface area contributed by atoms with Crippen LogP contribution >= 0.6 is 0 Å². The fourth-order valence-corrected chi connectivity index (χ4v) is 2.61. The van der Waals surface area contributed by atoms with Crippen molar-refractivity contribution in [2.45, 2.75) is 31.2 Å². The lowest BCUT2D eigenvalue weighted by molar-refractivity contribution is -0.121. The normalized spacial score (nSPS) is 16.2. The molecule has 0 radical (unpaired) electrons. The number of pyridine rings is 1. The number of carbonyl (C=O) groups excluding carboxylic acids is 1. The van der Waals surface area contributed by atoms with Gasteiger partial charge in [0, 0.05) is 6.07 Å². The summed E-state index contributed by atoms with van der Waals surface area (Å²) in [6, 6.07) is 12.9. The summed E-state index contributed by atoms with van der Waals surface area (Å²) >= 11 is 0. The van der Waals surface area contributed by atoms with Crippen LogP contribution in [-0.4, -0.2) is 16.4 Å². The van der Waals surface area contributed by atoms with Crippen molar-refractivity contribution in [3.8, 4) is 11.6 Å². The molecule has 1 amide bonds.